The molecule has 4 heteroatoms. The first kappa shape index (κ1) is 14.5. The Morgan fingerprint density at radius 3 is 2.53 bits per heavy atom. The molecule has 0 bridgehead atoms. The van der Waals surface area contributed by atoms with Gasteiger partial charge in [0.2, 0.25) is 0 Å². The average molecular weight is 431 g/mol. The molecule has 0 heterocycles. The minimum atomic E-state index is 0.0906. The second kappa shape index (κ2) is 6.52. The number of benzene rings is 2. The van der Waals surface area contributed by atoms with E-state index in [0.717, 1.165) is 24.9 Å². The lowest BCUT2D eigenvalue weighted by Gasteiger charge is -2.08. The van der Waals surface area contributed by atoms with Gasteiger partial charge in [-0.2, -0.15) is 0 Å². The van der Waals surface area contributed by atoms with Crippen LogP contribution >= 0.6 is 38.5 Å². The minimum Gasteiger partial charge on any atom is -0.496 e. The van der Waals surface area contributed by atoms with Crippen molar-refractivity contribution in [1.29, 1.82) is 0 Å². The number of ether oxygens (including phenoxy) is 1. The van der Waals surface area contributed by atoms with Crippen LogP contribution in [0.4, 0.5) is 0 Å². The number of halogens is 2. The van der Waals surface area contributed by atoms with Crippen LogP contribution in [0.1, 0.15) is 15.9 Å². The predicted molar refractivity (Wildman–Crippen MR) is 87.9 cm³/mol. The smallest absolute Gasteiger partial charge is 0.167 e. The first-order valence-corrected chi connectivity index (χ1v) is 7.58. The summed E-state index contributed by atoms with van der Waals surface area (Å²) < 4.78 is 7.34. The SMILES string of the molecule is COc1ccc(Br)cc1CC(=O)c1ccc(I)cc1. The third-order valence-electron chi connectivity index (χ3n) is 2.76. The Balaban J connectivity index is 2.23. The van der Waals surface area contributed by atoms with Crippen molar-refractivity contribution in [3.05, 3.63) is 61.6 Å². The zero-order chi connectivity index (χ0) is 13.8. The summed E-state index contributed by atoms with van der Waals surface area (Å²) in [6.45, 7) is 0. The van der Waals surface area contributed by atoms with Crippen molar-refractivity contribution < 1.29 is 9.53 Å². The summed E-state index contributed by atoms with van der Waals surface area (Å²) in [7, 11) is 1.61. The van der Waals surface area contributed by atoms with Gasteiger partial charge < -0.3 is 4.74 Å². The fourth-order valence-electron chi connectivity index (χ4n) is 1.80. The fraction of sp³-hybridized carbons (Fsp3) is 0.133. The summed E-state index contributed by atoms with van der Waals surface area (Å²) in [6, 6.07) is 13.3. The molecule has 0 N–H and O–H groups in total. The van der Waals surface area contributed by atoms with Crippen LogP contribution in [0.3, 0.4) is 0 Å². The van der Waals surface area contributed by atoms with Crippen molar-refractivity contribution in [1.82, 2.24) is 0 Å². The molecule has 2 nitrogen and oxygen atoms in total. The van der Waals surface area contributed by atoms with Crippen molar-refractivity contribution in [2.45, 2.75) is 6.42 Å². The molecular weight excluding hydrogens is 419 g/mol. The summed E-state index contributed by atoms with van der Waals surface area (Å²) in [6.07, 6.45) is 0.337. The van der Waals surface area contributed by atoms with Crippen molar-refractivity contribution in [3.63, 3.8) is 0 Å². The highest BCUT2D eigenvalue weighted by Gasteiger charge is 2.11. The Hall–Kier alpha value is -0.880. The molecular formula is C15H12BrIO2. The van der Waals surface area contributed by atoms with Crippen LogP contribution in [-0.2, 0) is 6.42 Å². The van der Waals surface area contributed by atoms with E-state index < -0.39 is 0 Å². The summed E-state index contributed by atoms with van der Waals surface area (Å²) >= 11 is 5.64. The molecule has 98 valence electrons. The highest BCUT2D eigenvalue weighted by atomic mass is 127. The van der Waals surface area contributed by atoms with E-state index in [1.165, 1.54) is 0 Å². The van der Waals surface area contributed by atoms with Crippen LogP contribution in [0.25, 0.3) is 0 Å². The highest BCUT2D eigenvalue weighted by Crippen LogP contribution is 2.24. The molecule has 0 atom stereocenters. The van der Waals surface area contributed by atoms with Gasteiger partial charge in [-0.15, -0.1) is 0 Å². The molecule has 0 saturated carbocycles. The lowest BCUT2D eigenvalue weighted by molar-refractivity contribution is 0.0992. The van der Waals surface area contributed by atoms with E-state index >= 15 is 0 Å². The average Bonchev–Trinajstić information content (AvgIpc) is 2.39. The van der Waals surface area contributed by atoms with Crippen molar-refractivity contribution in [2.75, 3.05) is 7.11 Å². The Bertz CT molecular complexity index is 594. The molecule has 0 aliphatic rings. The molecule has 2 aromatic carbocycles. The Kier molecular flexibility index (Phi) is 4.99. The molecule has 0 aliphatic heterocycles. The zero-order valence-corrected chi connectivity index (χ0v) is 14.1. The van der Waals surface area contributed by atoms with E-state index in [4.69, 9.17) is 4.74 Å². The van der Waals surface area contributed by atoms with Crippen molar-refractivity contribution >= 4 is 44.3 Å². The quantitative estimate of drug-likeness (QED) is 0.527. The van der Waals surface area contributed by atoms with Gasteiger partial charge in [-0.1, -0.05) is 28.1 Å². The van der Waals surface area contributed by atoms with E-state index in [-0.39, 0.29) is 5.78 Å². The largest absolute Gasteiger partial charge is 0.496 e. The standard InChI is InChI=1S/C15H12BrIO2/c1-19-15-7-4-12(16)8-11(15)9-14(18)10-2-5-13(17)6-3-10/h2-8H,9H2,1H3. The third-order valence-corrected chi connectivity index (χ3v) is 3.97. The molecule has 2 rings (SSSR count). The minimum absolute atomic E-state index is 0.0906. The van der Waals surface area contributed by atoms with Gasteiger partial charge in [0.25, 0.3) is 0 Å². The van der Waals surface area contributed by atoms with E-state index in [9.17, 15) is 4.79 Å². The van der Waals surface area contributed by atoms with E-state index in [0.29, 0.717) is 6.42 Å². The maximum absolute atomic E-state index is 12.2. The summed E-state index contributed by atoms with van der Waals surface area (Å²) in [5, 5.41) is 0. The molecule has 0 unspecified atom stereocenters. The number of ketones is 1. The fourth-order valence-corrected chi connectivity index (χ4v) is 2.56. The first-order chi connectivity index (χ1) is 9.10. The first-order valence-electron chi connectivity index (χ1n) is 5.71. The molecule has 0 aromatic heterocycles. The van der Waals surface area contributed by atoms with Gasteiger partial charge >= 0.3 is 0 Å². The van der Waals surface area contributed by atoms with E-state index in [1.54, 1.807) is 7.11 Å². The molecule has 0 aliphatic carbocycles. The van der Waals surface area contributed by atoms with Gasteiger partial charge in [-0.05, 0) is 52.9 Å². The van der Waals surface area contributed by atoms with Gasteiger partial charge in [-0.25, -0.2) is 0 Å². The van der Waals surface area contributed by atoms with E-state index in [1.807, 2.05) is 42.5 Å². The second-order valence-corrected chi connectivity index (χ2v) is 6.22. The zero-order valence-electron chi connectivity index (χ0n) is 10.3. The topological polar surface area (TPSA) is 26.3 Å². The third kappa shape index (κ3) is 3.79. The second-order valence-electron chi connectivity index (χ2n) is 4.06. The number of Topliss-reactive ketones (excluding diaryl/α,β-unsaturated/α-hetero) is 1. The van der Waals surface area contributed by atoms with E-state index in [2.05, 4.69) is 38.5 Å². The maximum atomic E-state index is 12.2. The molecule has 0 radical (unpaired) electrons. The molecule has 0 fully saturated rings. The van der Waals surface area contributed by atoms with Crippen LogP contribution in [0, 0.1) is 3.57 Å². The van der Waals surface area contributed by atoms with Crippen LogP contribution in [-0.4, -0.2) is 12.9 Å². The Morgan fingerprint density at radius 1 is 1.21 bits per heavy atom. The van der Waals surface area contributed by atoms with Gasteiger partial charge in [0, 0.05) is 25.6 Å². The van der Waals surface area contributed by atoms with Gasteiger partial charge in [0.15, 0.2) is 5.78 Å². The number of hydrogen-bond acceptors (Lipinski definition) is 2. The maximum Gasteiger partial charge on any atom is 0.167 e. The normalized spacial score (nSPS) is 10.3. The van der Waals surface area contributed by atoms with Crippen LogP contribution in [0.5, 0.6) is 5.75 Å². The monoisotopic (exact) mass is 430 g/mol. The van der Waals surface area contributed by atoms with Crippen molar-refractivity contribution in [3.8, 4) is 5.75 Å². The molecule has 0 saturated heterocycles. The summed E-state index contributed by atoms with van der Waals surface area (Å²) in [5.74, 6) is 0.829. The van der Waals surface area contributed by atoms with Gasteiger partial charge in [0.1, 0.15) is 5.75 Å². The predicted octanol–water partition coefficient (Wildman–Crippen LogP) is 4.49. The van der Waals surface area contributed by atoms with Crippen molar-refractivity contribution in [2.24, 2.45) is 0 Å². The summed E-state index contributed by atoms with van der Waals surface area (Å²) in [4.78, 5) is 12.2. The highest BCUT2D eigenvalue weighted by molar-refractivity contribution is 14.1. The summed E-state index contributed by atoms with van der Waals surface area (Å²) in [5.41, 5.74) is 1.61. The number of rotatable bonds is 4. The van der Waals surface area contributed by atoms with Gasteiger partial charge in [0.05, 0.1) is 7.11 Å². The van der Waals surface area contributed by atoms with Gasteiger partial charge in [-0.3, -0.25) is 4.79 Å². The lowest BCUT2D eigenvalue weighted by atomic mass is 10.0. The Labute approximate surface area is 134 Å². The molecule has 2 aromatic rings. The number of methoxy groups -OCH3 is 1. The number of carbonyl (C=O) groups is 1. The lowest BCUT2D eigenvalue weighted by Crippen LogP contribution is -2.05. The van der Waals surface area contributed by atoms with Crippen LogP contribution in [0.15, 0.2) is 46.9 Å². The van der Waals surface area contributed by atoms with Crippen LogP contribution < -0.4 is 4.74 Å². The van der Waals surface area contributed by atoms with Crippen LogP contribution in [0.2, 0.25) is 0 Å². The Morgan fingerprint density at radius 2 is 1.89 bits per heavy atom. The molecule has 19 heavy (non-hydrogen) atoms. The molecule has 0 amide bonds. The number of hydrogen-bond donors (Lipinski definition) is 0. The molecule has 0 spiro atoms. The number of carbonyl (C=O) groups excluding carboxylic acids is 1.